The number of nitro groups is 1. The molecule has 0 saturated carbocycles. The Morgan fingerprint density at radius 2 is 1.94 bits per heavy atom. The molecule has 2 aromatic carbocycles. The van der Waals surface area contributed by atoms with Gasteiger partial charge in [-0.15, -0.1) is 5.10 Å². The lowest BCUT2D eigenvalue weighted by Crippen LogP contribution is -2.19. The summed E-state index contributed by atoms with van der Waals surface area (Å²) in [7, 11) is 0. The van der Waals surface area contributed by atoms with Crippen molar-refractivity contribution in [2.75, 3.05) is 5.32 Å². The van der Waals surface area contributed by atoms with Crippen molar-refractivity contribution in [2.24, 2.45) is 0 Å². The molecule has 0 saturated heterocycles. The molecule has 0 radical (unpaired) electrons. The number of nitrogens with one attached hydrogen (secondary N) is 1. The van der Waals surface area contributed by atoms with Gasteiger partial charge in [-0.05, 0) is 73.3 Å². The van der Waals surface area contributed by atoms with E-state index in [1.165, 1.54) is 52.9 Å². The highest BCUT2D eigenvalue weighted by Crippen LogP contribution is 2.25. The third-order valence-corrected chi connectivity index (χ3v) is 5.28. The summed E-state index contributed by atoms with van der Waals surface area (Å²) < 4.78 is 12.5. The number of hydrogen-bond acceptors (Lipinski definition) is 7. The van der Waals surface area contributed by atoms with Crippen LogP contribution >= 0.6 is 12.2 Å². The molecular weight excluding hydrogens is 420 g/mol. The van der Waals surface area contributed by atoms with Crippen molar-refractivity contribution >= 4 is 29.5 Å². The summed E-state index contributed by atoms with van der Waals surface area (Å²) in [5.41, 5.74) is 3.07. The minimum atomic E-state index is -0.506. The van der Waals surface area contributed by atoms with Gasteiger partial charge >= 0.3 is 0 Å². The third-order valence-electron chi connectivity index (χ3n) is 4.99. The van der Waals surface area contributed by atoms with E-state index < -0.39 is 4.92 Å². The Balaban J connectivity index is 1.34. The molecule has 4 rings (SSSR count). The van der Waals surface area contributed by atoms with Crippen molar-refractivity contribution in [3.63, 3.8) is 0 Å². The number of carbonyl (C=O) groups excluding carboxylic acids is 1. The molecule has 0 aliphatic heterocycles. The molecule has 10 heteroatoms. The number of anilines is 1. The number of nitro benzene ring substituents is 1. The molecule has 3 aromatic rings. The van der Waals surface area contributed by atoms with Gasteiger partial charge in [0.25, 0.3) is 16.4 Å². The third kappa shape index (κ3) is 5.15. The largest absolute Gasteiger partial charge is 0.484 e. The first-order valence-corrected chi connectivity index (χ1v) is 10.2. The maximum atomic E-state index is 12.3. The van der Waals surface area contributed by atoms with Gasteiger partial charge in [0.15, 0.2) is 6.61 Å². The Morgan fingerprint density at radius 3 is 2.68 bits per heavy atom. The van der Waals surface area contributed by atoms with Crippen molar-refractivity contribution in [2.45, 2.75) is 38.8 Å². The second-order valence-electron chi connectivity index (χ2n) is 7.20. The van der Waals surface area contributed by atoms with E-state index in [1.54, 1.807) is 0 Å². The summed E-state index contributed by atoms with van der Waals surface area (Å²) >= 11 is 5.14. The van der Waals surface area contributed by atoms with Gasteiger partial charge in [-0.1, -0.05) is 6.07 Å². The Labute approximate surface area is 182 Å². The number of benzene rings is 2. The van der Waals surface area contributed by atoms with Crippen LogP contribution in [0.5, 0.6) is 5.75 Å². The molecule has 1 aliphatic rings. The fourth-order valence-electron chi connectivity index (χ4n) is 3.46. The van der Waals surface area contributed by atoms with Gasteiger partial charge in [-0.25, -0.2) is 4.68 Å². The summed E-state index contributed by atoms with van der Waals surface area (Å²) in [6, 6.07) is 11.6. The van der Waals surface area contributed by atoms with E-state index in [-0.39, 0.29) is 35.5 Å². The predicted octanol–water partition coefficient (Wildman–Crippen LogP) is 4.21. The van der Waals surface area contributed by atoms with Crippen molar-refractivity contribution < 1.29 is 18.9 Å². The maximum absolute atomic E-state index is 12.3. The van der Waals surface area contributed by atoms with Crippen molar-refractivity contribution in [1.29, 1.82) is 0 Å². The Morgan fingerprint density at radius 1 is 1.19 bits per heavy atom. The number of nitrogens with zero attached hydrogens (tertiary/aromatic N) is 3. The normalized spacial score (nSPS) is 12.8. The summed E-state index contributed by atoms with van der Waals surface area (Å²) in [4.78, 5) is 22.5. The number of carbonyl (C=O) groups is 1. The fraction of sp³-hybridized carbons (Fsp3) is 0.286. The van der Waals surface area contributed by atoms with Crippen molar-refractivity contribution in [1.82, 2.24) is 9.78 Å². The van der Waals surface area contributed by atoms with E-state index in [0.717, 1.165) is 18.6 Å². The Kier molecular flexibility index (Phi) is 6.08. The molecule has 0 bridgehead atoms. The Bertz CT molecular complexity index is 1170. The molecule has 1 aromatic heterocycles. The Hall–Kier alpha value is -3.53. The zero-order valence-corrected chi connectivity index (χ0v) is 17.4. The first-order valence-electron chi connectivity index (χ1n) is 9.84. The topological polar surface area (TPSA) is 112 Å². The fourth-order valence-corrected chi connectivity index (χ4v) is 3.66. The number of ether oxygens (including phenoxy) is 1. The number of hydrogen-bond donors (Lipinski definition) is 1. The first kappa shape index (κ1) is 20.7. The van der Waals surface area contributed by atoms with Gasteiger partial charge in [-0.2, -0.15) is 0 Å². The summed E-state index contributed by atoms with van der Waals surface area (Å²) in [5.74, 6) is 0.624. The van der Waals surface area contributed by atoms with Crippen molar-refractivity contribution in [3.05, 3.63) is 74.4 Å². The SMILES string of the molecule is O=C(Cn1nc(COc2ccc3c(c2)CCCC3)oc1=S)Nc1ccc([N+](=O)[O-])cc1. The molecule has 31 heavy (non-hydrogen) atoms. The van der Waals surface area contributed by atoms with Gasteiger partial charge in [-0.3, -0.25) is 14.9 Å². The number of aryl methyl sites for hydroxylation is 2. The van der Waals surface area contributed by atoms with Crippen LogP contribution in [0.15, 0.2) is 46.9 Å². The summed E-state index contributed by atoms with van der Waals surface area (Å²) in [6.45, 7) is -0.0580. The highest BCUT2D eigenvalue weighted by molar-refractivity contribution is 7.71. The lowest BCUT2D eigenvalue weighted by atomic mass is 9.92. The standard InChI is InChI=1S/C21H20N4O5S/c26-19(22-16-6-8-17(9-7-16)25(27)28)12-24-21(31)30-20(23-24)13-29-18-10-5-14-3-1-2-4-15(14)11-18/h5-11H,1-4,12-13H2,(H,22,26). The monoisotopic (exact) mass is 440 g/mol. The van der Waals surface area contributed by atoms with Crippen LogP contribution in [0, 0.1) is 15.0 Å². The van der Waals surface area contributed by atoms with Crippen LogP contribution in [0.2, 0.25) is 0 Å². The van der Waals surface area contributed by atoms with Crippen LogP contribution in [0.3, 0.4) is 0 Å². The van der Waals surface area contributed by atoms with Crippen LogP contribution in [-0.2, 0) is 30.8 Å². The molecule has 160 valence electrons. The molecule has 1 aliphatic carbocycles. The highest BCUT2D eigenvalue weighted by Gasteiger charge is 2.13. The molecule has 1 N–H and O–H groups in total. The van der Waals surface area contributed by atoms with Crippen LogP contribution in [0.1, 0.15) is 29.9 Å². The maximum Gasteiger partial charge on any atom is 0.287 e. The van der Waals surface area contributed by atoms with E-state index in [1.807, 2.05) is 6.07 Å². The van der Waals surface area contributed by atoms with Gasteiger partial charge in [0.2, 0.25) is 5.91 Å². The molecule has 0 unspecified atom stereocenters. The minimum absolute atomic E-state index is 0.0553. The molecule has 0 atom stereocenters. The van der Waals surface area contributed by atoms with Crippen LogP contribution < -0.4 is 10.1 Å². The van der Waals surface area contributed by atoms with Crippen LogP contribution in [0.25, 0.3) is 0 Å². The van der Waals surface area contributed by atoms with E-state index in [9.17, 15) is 14.9 Å². The van der Waals surface area contributed by atoms with E-state index in [4.69, 9.17) is 21.4 Å². The lowest BCUT2D eigenvalue weighted by molar-refractivity contribution is -0.384. The highest BCUT2D eigenvalue weighted by atomic mass is 32.1. The number of aromatic nitrogens is 2. The number of non-ortho nitro benzene ring substituents is 1. The van der Waals surface area contributed by atoms with Gasteiger partial charge in [0, 0.05) is 17.8 Å². The number of amides is 1. The van der Waals surface area contributed by atoms with Gasteiger partial charge < -0.3 is 14.5 Å². The average molecular weight is 440 g/mol. The van der Waals surface area contributed by atoms with Gasteiger partial charge in [0.1, 0.15) is 12.3 Å². The number of rotatable bonds is 7. The zero-order chi connectivity index (χ0) is 21.8. The second-order valence-corrected chi connectivity index (χ2v) is 7.55. The molecule has 0 fully saturated rings. The molecule has 1 amide bonds. The van der Waals surface area contributed by atoms with E-state index >= 15 is 0 Å². The first-order chi connectivity index (χ1) is 15.0. The van der Waals surface area contributed by atoms with E-state index in [0.29, 0.717) is 5.69 Å². The van der Waals surface area contributed by atoms with Crippen molar-refractivity contribution in [3.8, 4) is 5.75 Å². The van der Waals surface area contributed by atoms with E-state index in [2.05, 4.69) is 22.5 Å². The van der Waals surface area contributed by atoms with Crippen LogP contribution in [0.4, 0.5) is 11.4 Å². The molecular formula is C21H20N4O5S. The van der Waals surface area contributed by atoms with Gasteiger partial charge in [0.05, 0.1) is 4.92 Å². The molecule has 1 heterocycles. The smallest absolute Gasteiger partial charge is 0.287 e. The minimum Gasteiger partial charge on any atom is -0.484 e. The van der Waals surface area contributed by atoms with Crippen LogP contribution in [-0.4, -0.2) is 20.6 Å². The molecule has 9 nitrogen and oxygen atoms in total. The molecule has 0 spiro atoms. The quantitative estimate of drug-likeness (QED) is 0.333. The number of fused-ring (bicyclic) bond motifs is 1. The average Bonchev–Trinajstić information content (AvgIpc) is 3.11. The second kappa shape index (κ2) is 9.09. The summed E-state index contributed by atoms with van der Waals surface area (Å²) in [6.07, 6.45) is 4.59. The zero-order valence-electron chi connectivity index (χ0n) is 16.6. The lowest BCUT2D eigenvalue weighted by Gasteiger charge is -2.16. The predicted molar refractivity (Wildman–Crippen MR) is 114 cm³/mol. The summed E-state index contributed by atoms with van der Waals surface area (Å²) in [5, 5.41) is 17.5.